The molecule has 0 radical (unpaired) electrons. The van der Waals surface area contributed by atoms with Crippen molar-refractivity contribution in [3.8, 4) is 0 Å². The van der Waals surface area contributed by atoms with Gasteiger partial charge in [0.25, 0.3) is 0 Å². The van der Waals surface area contributed by atoms with Gasteiger partial charge in [-0.25, -0.2) is 0 Å². The van der Waals surface area contributed by atoms with E-state index in [0.29, 0.717) is 0 Å². The van der Waals surface area contributed by atoms with E-state index < -0.39 is 7.05 Å². The van der Waals surface area contributed by atoms with Gasteiger partial charge in [0, 0.05) is 16.0 Å². The third-order valence-corrected chi connectivity index (χ3v) is 4.26. The molecule has 1 aromatic heterocycles. The maximum atomic E-state index is 10.3. The number of fused-ring (bicyclic) bond motifs is 1. The molecule has 0 aliphatic carbocycles. The second kappa shape index (κ2) is 4.29. The molecule has 17 heavy (non-hydrogen) atoms. The summed E-state index contributed by atoms with van der Waals surface area (Å²) in [7, 11) is -0.714. The van der Waals surface area contributed by atoms with Crippen molar-refractivity contribution in [2.24, 2.45) is 5.10 Å². The van der Waals surface area contributed by atoms with E-state index in [4.69, 9.17) is 0 Å². The van der Waals surface area contributed by atoms with E-state index in [9.17, 15) is 5.02 Å². The van der Waals surface area contributed by atoms with E-state index in [-0.39, 0.29) is 0 Å². The fourth-order valence-corrected chi connectivity index (χ4v) is 3.38. The molecule has 0 saturated heterocycles. The van der Waals surface area contributed by atoms with Gasteiger partial charge in [-0.3, -0.25) is 4.92 Å². The van der Waals surface area contributed by atoms with Crippen LogP contribution >= 0.6 is 27.3 Å². The highest BCUT2D eigenvalue weighted by Gasteiger charge is 2.32. The van der Waals surface area contributed by atoms with Gasteiger partial charge in [-0.05, 0) is 34.1 Å². The van der Waals surface area contributed by atoms with E-state index in [1.165, 1.54) is 11.3 Å². The van der Waals surface area contributed by atoms with Gasteiger partial charge in [0.05, 0.1) is 10.0 Å². The minimum atomic E-state index is -0.714. The van der Waals surface area contributed by atoms with Crippen LogP contribution in [-0.4, -0.2) is 18.3 Å². The number of nitrogens with zero attached hydrogens (tertiary/aromatic N) is 2. The van der Waals surface area contributed by atoms with Crippen LogP contribution in [0.3, 0.4) is 0 Å². The standard InChI is InChI=1S/C11H8BBrN2OS/c13-10-6-8-7-14-15(12(16)11(8)17-10)9-4-2-1-3-5-9/h1-7,16H. The second-order valence-electron chi connectivity index (χ2n) is 3.67. The maximum absolute atomic E-state index is 10.3. The van der Waals surface area contributed by atoms with Crippen LogP contribution in [0.2, 0.25) is 0 Å². The van der Waals surface area contributed by atoms with Crippen LogP contribution in [0, 0.1) is 0 Å². The Morgan fingerprint density at radius 3 is 2.82 bits per heavy atom. The number of hydrazone groups is 1. The van der Waals surface area contributed by atoms with Gasteiger partial charge >= 0.3 is 7.05 Å². The first-order valence-corrected chi connectivity index (χ1v) is 6.72. The summed E-state index contributed by atoms with van der Waals surface area (Å²) in [5, 5.41) is 14.6. The zero-order valence-electron chi connectivity index (χ0n) is 8.75. The smallest absolute Gasteiger partial charge is 0.427 e. The van der Waals surface area contributed by atoms with Crippen LogP contribution in [-0.2, 0) is 0 Å². The molecule has 1 N–H and O–H groups in total. The number of thiophene rings is 1. The first-order valence-electron chi connectivity index (χ1n) is 5.11. The first-order chi connectivity index (χ1) is 8.25. The quantitative estimate of drug-likeness (QED) is 0.819. The lowest BCUT2D eigenvalue weighted by molar-refractivity contribution is 0.579. The lowest BCUT2D eigenvalue weighted by atomic mass is 9.77. The van der Waals surface area contributed by atoms with E-state index >= 15 is 0 Å². The molecule has 6 heteroatoms. The first kappa shape index (κ1) is 11.0. The number of benzene rings is 1. The number of anilines is 1. The summed E-state index contributed by atoms with van der Waals surface area (Å²) >= 11 is 4.95. The van der Waals surface area contributed by atoms with Gasteiger partial charge in [-0.2, -0.15) is 5.10 Å². The van der Waals surface area contributed by atoms with Crippen LogP contribution in [0.25, 0.3) is 0 Å². The molecular weight excluding hydrogens is 299 g/mol. The number of halogens is 1. The summed E-state index contributed by atoms with van der Waals surface area (Å²) in [5.41, 5.74) is 1.85. The molecule has 1 aromatic carbocycles. The molecule has 3 nitrogen and oxygen atoms in total. The minimum absolute atomic E-state index is 0.714. The summed E-state index contributed by atoms with van der Waals surface area (Å²) in [5.74, 6) is 0. The third kappa shape index (κ3) is 1.92. The van der Waals surface area contributed by atoms with Gasteiger partial charge in [0.15, 0.2) is 0 Å². The van der Waals surface area contributed by atoms with E-state index in [1.807, 2.05) is 36.4 Å². The van der Waals surface area contributed by atoms with Gasteiger partial charge in [-0.15, -0.1) is 11.3 Å². The molecule has 0 unspecified atom stereocenters. The van der Waals surface area contributed by atoms with Crippen LogP contribution in [0.5, 0.6) is 0 Å². The minimum Gasteiger partial charge on any atom is -0.427 e. The Hall–Kier alpha value is -1.11. The van der Waals surface area contributed by atoms with Gasteiger partial charge in [0.1, 0.15) is 0 Å². The van der Waals surface area contributed by atoms with Crippen LogP contribution in [0.15, 0.2) is 45.3 Å². The van der Waals surface area contributed by atoms with Crippen molar-refractivity contribution in [2.45, 2.75) is 0 Å². The molecule has 0 bridgehead atoms. The van der Waals surface area contributed by atoms with Crippen molar-refractivity contribution in [3.63, 3.8) is 0 Å². The average molecular weight is 307 g/mol. The molecule has 0 atom stereocenters. The normalized spacial score (nSPS) is 14.0. The molecule has 1 aliphatic rings. The predicted octanol–water partition coefficient (Wildman–Crippen LogP) is 2.05. The Morgan fingerprint density at radius 1 is 1.29 bits per heavy atom. The van der Waals surface area contributed by atoms with Gasteiger partial charge < -0.3 is 5.02 Å². The van der Waals surface area contributed by atoms with Crippen molar-refractivity contribution in [3.05, 3.63) is 45.7 Å². The Labute approximate surface area is 112 Å². The van der Waals surface area contributed by atoms with Crippen LogP contribution in [0.1, 0.15) is 5.56 Å². The van der Waals surface area contributed by atoms with Crippen molar-refractivity contribution in [1.82, 2.24) is 0 Å². The SMILES string of the molecule is OB1c2sc(Br)cc2C=NN1c1ccccc1. The summed E-state index contributed by atoms with van der Waals surface area (Å²) < 4.78 is 1.92. The van der Waals surface area contributed by atoms with Gasteiger partial charge in [0.2, 0.25) is 0 Å². The molecule has 0 amide bonds. The summed E-state index contributed by atoms with van der Waals surface area (Å²) in [6.45, 7) is 0. The lowest BCUT2D eigenvalue weighted by Crippen LogP contribution is -2.48. The van der Waals surface area contributed by atoms with Crippen molar-refractivity contribution < 1.29 is 5.02 Å². The van der Waals surface area contributed by atoms with Gasteiger partial charge in [-0.1, -0.05) is 18.2 Å². The highest BCUT2D eigenvalue weighted by molar-refractivity contribution is 9.11. The molecule has 0 spiro atoms. The maximum Gasteiger partial charge on any atom is 0.482 e. The fourth-order valence-electron chi connectivity index (χ4n) is 1.78. The summed E-state index contributed by atoms with van der Waals surface area (Å²) in [6.07, 6.45) is 1.77. The number of rotatable bonds is 1. The molecule has 2 heterocycles. The van der Waals surface area contributed by atoms with Crippen LogP contribution in [0.4, 0.5) is 5.69 Å². The zero-order chi connectivity index (χ0) is 11.8. The molecule has 2 aromatic rings. The van der Waals surface area contributed by atoms with E-state index in [0.717, 1.165) is 19.8 Å². The number of para-hydroxylation sites is 1. The second-order valence-corrected chi connectivity index (χ2v) is 6.13. The Morgan fingerprint density at radius 2 is 2.06 bits per heavy atom. The Bertz CT molecular complexity index is 572. The topological polar surface area (TPSA) is 35.8 Å². The van der Waals surface area contributed by atoms with E-state index in [1.54, 1.807) is 11.1 Å². The number of hydrogen-bond acceptors (Lipinski definition) is 4. The molecule has 0 fully saturated rings. The summed E-state index contributed by atoms with van der Waals surface area (Å²) in [6, 6.07) is 11.6. The zero-order valence-corrected chi connectivity index (χ0v) is 11.1. The molecule has 3 rings (SSSR count). The van der Waals surface area contributed by atoms with Crippen molar-refractivity contribution in [2.75, 3.05) is 4.92 Å². The number of hydrogen-bond donors (Lipinski definition) is 1. The summed E-state index contributed by atoms with van der Waals surface area (Å²) in [4.78, 5) is 1.62. The fraction of sp³-hybridized carbons (Fsp3) is 0. The molecule has 1 aliphatic heterocycles. The van der Waals surface area contributed by atoms with Crippen LogP contribution < -0.4 is 9.70 Å². The Balaban J connectivity index is 2.02. The van der Waals surface area contributed by atoms with Crippen molar-refractivity contribution >= 4 is 51.0 Å². The average Bonchev–Trinajstić information content (AvgIpc) is 2.72. The third-order valence-electron chi connectivity index (χ3n) is 2.57. The highest BCUT2D eigenvalue weighted by atomic mass is 79.9. The lowest BCUT2D eigenvalue weighted by Gasteiger charge is -2.24. The predicted molar refractivity (Wildman–Crippen MR) is 76.1 cm³/mol. The molecule has 84 valence electrons. The highest BCUT2D eigenvalue weighted by Crippen LogP contribution is 2.24. The largest absolute Gasteiger partial charge is 0.482 e. The Kier molecular flexibility index (Phi) is 2.78. The molecular formula is C11H8BBrN2OS. The monoisotopic (exact) mass is 306 g/mol. The molecule has 0 saturated carbocycles. The van der Waals surface area contributed by atoms with E-state index in [2.05, 4.69) is 21.0 Å². The van der Waals surface area contributed by atoms with Crippen molar-refractivity contribution in [1.29, 1.82) is 0 Å².